The molecule has 1 aromatic rings. The van der Waals surface area contributed by atoms with Crippen LogP contribution in [-0.2, 0) is 19.9 Å². The highest BCUT2D eigenvalue weighted by Crippen LogP contribution is 2.14. The Morgan fingerprint density at radius 3 is 2.62 bits per heavy atom. The van der Waals surface area contributed by atoms with Gasteiger partial charge in [0.2, 0.25) is 0 Å². The quantitative estimate of drug-likeness (QED) is 0.805. The molecule has 0 radical (unpaired) electrons. The van der Waals surface area contributed by atoms with Crippen molar-refractivity contribution in [3.05, 3.63) is 17.5 Å². The van der Waals surface area contributed by atoms with E-state index in [0.29, 0.717) is 12.3 Å². The molecule has 0 amide bonds. The molecular formula is C13H24N2O. The summed E-state index contributed by atoms with van der Waals surface area (Å²) in [5.41, 5.74) is 2.24. The molecule has 0 aliphatic carbocycles. The minimum absolute atomic E-state index is 0.241. The second-order valence-electron chi connectivity index (χ2n) is 4.71. The average Bonchev–Trinajstić information content (AvgIpc) is 2.59. The molecular weight excluding hydrogens is 200 g/mol. The van der Waals surface area contributed by atoms with Gasteiger partial charge in [-0.3, -0.25) is 4.68 Å². The first-order valence-electron chi connectivity index (χ1n) is 6.26. The predicted molar refractivity (Wildman–Crippen MR) is 66.4 cm³/mol. The second kappa shape index (κ2) is 6.04. The molecule has 0 aliphatic rings. The fraction of sp³-hybridized carbons (Fsp3) is 0.769. The average molecular weight is 224 g/mol. The van der Waals surface area contributed by atoms with Crippen molar-refractivity contribution in [1.82, 2.24) is 9.78 Å². The molecule has 92 valence electrons. The molecule has 0 saturated heterocycles. The molecule has 0 bridgehead atoms. The molecule has 0 aliphatic heterocycles. The number of hydrogen-bond donors (Lipinski definition) is 1. The number of aromatic nitrogens is 2. The molecule has 2 atom stereocenters. The number of aliphatic hydroxyl groups is 1. The molecule has 2 unspecified atom stereocenters. The molecule has 0 saturated carbocycles. The summed E-state index contributed by atoms with van der Waals surface area (Å²) in [5, 5.41) is 14.4. The van der Waals surface area contributed by atoms with E-state index in [9.17, 15) is 5.11 Å². The first-order valence-corrected chi connectivity index (χ1v) is 6.26. The van der Waals surface area contributed by atoms with Gasteiger partial charge in [-0.05, 0) is 24.8 Å². The van der Waals surface area contributed by atoms with Crippen molar-refractivity contribution in [2.24, 2.45) is 13.0 Å². The molecule has 0 fully saturated rings. The highest BCUT2D eigenvalue weighted by atomic mass is 16.3. The monoisotopic (exact) mass is 224 g/mol. The third-order valence-corrected chi connectivity index (χ3v) is 3.21. The van der Waals surface area contributed by atoms with Crippen LogP contribution in [0.4, 0.5) is 0 Å². The lowest BCUT2D eigenvalue weighted by Gasteiger charge is -2.14. The van der Waals surface area contributed by atoms with E-state index in [-0.39, 0.29) is 6.10 Å². The van der Waals surface area contributed by atoms with Crippen molar-refractivity contribution in [1.29, 1.82) is 0 Å². The Labute approximate surface area is 98.5 Å². The third kappa shape index (κ3) is 3.63. The summed E-state index contributed by atoms with van der Waals surface area (Å²) >= 11 is 0. The molecule has 3 nitrogen and oxygen atoms in total. The normalized spacial score (nSPS) is 15.1. The zero-order chi connectivity index (χ0) is 12.1. The second-order valence-corrected chi connectivity index (χ2v) is 4.71. The van der Waals surface area contributed by atoms with E-state index in [0.717, 1.165) is 30.7 Å². The van der Waals surface area contributed by atoms with Gasteiger partial charge >= 0.3 is 0 Å². The van der Waals surface area contributed by atoms with Crippen molar-refractivity contribution in [3.63, 3.8) is 0 Å². The first kappa shape index (κ1) is 13.2. The summed E-state index contributed by atoms with van der Waals surface area (Å²) in [7, 11) is 1.95. The topological polar surface area (TPSA) is 38.0 Å². The summed E-state index contributed by atoms with van der Waals surface area (Å²) in [5.74, 6) is 0.592. The fourth-order valence-electron chi connectivity index (χ4n) is 1.89. The Morgan fingerprint density at radius 1 is 1.44 bits per heavy atom. The van der Waals surface area contributed by atoms with E-state index < -0.39 is 0 Å². The Balaban J connectivity index is 2.55. The maximum Gasteiger partial charge on any atom is 0.0624 e. The molecule has 0 spiro atoms. The summed E-state index contributed by atoms with van der Waals surface area (Å²) in [4.78, 5) is 0. The molecule has 1 N–H and O–H groups in total. The van der Waals surface area contributed by atoms with Crippen molar-refractivity contribution in [2.45, 2.75) is 52.6 Å². The van der Waals surface area contributed by atoms with Gasteiger partial charge in [0.05, 0.1) is 11.8 Å². The number of hydrogen-bond acceptors (Lipinski definition) is 2. The molecule has 1 aromatic heterocycles. The summed E-state index contributed by atoms with van der Waals surface area (Å²) in [6.07, 6.45) is 3.43. The highest BCUT2D eigenvalue weighted by Gasteiger charge is 2.12. The van der Waals surface area contributed by atoms with Crippen LogP contribution in [-0.4, -0.2) is 21.0 Å². The maximum absolute atomic E-state index is 9.97. The molecule has 3 heteroatoms. The smallest absolute Gasteiger partial charge is 0.0624 e. The third-order valence-electron chi connectivity index (χ3n) is 3.21. The van der Waals surface area contributed by atoms with E-state index in [4.69, 9.17) is 0 Å². The molecule has 0 aromatic carbocycles. The van der Waals surface area contributed by atoms with Gasteiger partial charge in [0.1, 0.15) is 0 Å². The lowest BCUT2D eigenvalue weighted by molar-refractivity contribution is 0.142. The SMILES string of the molecule is CCc1cc(CC(O)CC(C)CC)n(C)n1. The predicted octanol–water partition coefficient (Wildman–Crippen LogP) is 2.32. The minimum atomic E-state index is -0.241. The minimum Gasteiger partial charge on any atom is -0.393 e. The van der Waals surface area contributed by atoms with Crippen LogP contribution in [0.2, 0.25) is 0 Å². The van der Waals surface area contributed by atoms with Crippen LogP contribution in [0.15, 0.2) is 6.07 Å². The van der Waals surface area contributed by atoms with Crippen molar-refractivity contribution < 1.29 is 5.11 Å². The van der Waals surface area contributed by atoms with Crippen molar-refractivity contribution in [2.75, 3.05) is 0 Å². The van der Waals surface area contributed by atoms with Gasteiger partial charge in [-0.1, -0.05) is 27.2 Å². The van der Waals surface area contributed by atoms with Gasteiger partial charge in [0.25, 0.3) is 0 Å². The van der Waals surface area contributed by atoms with Crippen LogP contribution >= 0.6 is 0 Å². The summed E-state index contributed by atoms with van der Waals surface area (Å²) in [6.45, 7) is 6.45. The van der Waals surface area contributed by atoms with Gasteiger partial charge in [-0.25, -0.2) is 0 Å². The lowest BCUT2D eigenvalue weighted by Crippen LogP contribution is -2.16. The number of rotatable bonds is 6. The van der Waals surface area contributed by atoms with Gasteiger partial charge < -0.3 is 5.11 Å². The number of aryl methyl sites for hydroxylation is 2. The zero-order valence-electron chi connectivity index (χ0n) is 10.9. The largest absolute Gasteiger partial charge is 0.393 e. The van der Waals surface area contributed by atoms with Crippen LogP contribution in [0.5, 0.6) is 0 Å². The Morgan fingerprint density at radius 2 is 2.12 bits per heavy atom. The maximum atomic E-state index is 9.97. The van der Waals surface area contributed by atoms with Gasteiger partial charge in [-0.2, -0.15) is 5.10 Å². The van der Waals surface area contributed by atoms with Crippen LogP contribution in [0.1, 0.15) is 45.0 Å². The van der Waals surface area contributed by atoms with Crippen LogP contribution < -0.4 is 0 Å². The van der Waals surface area contributed by atoms with Gasteiger partial charge in [0.15, 0.2) is 0 Å². The van der Waals surface area contributed by atoms with Crippen molar-refractivity contribution in [3.8, 4) is 0 Å². The zero-order valence-corrected chi connectivity index (χ0v) is 10.9. The van der Waals surface area contributed by atoms with E-state index in [1.54, 1.807) is 0 Å². The van der Waals surface area contributed by atoms with E-state index in [2.05, 4.69) is 31.9 Å². The van der Waals surface area contributed by atoms with E-state index in [1.165, 1.54) is 0 Å². The van der Waals surface area contributed by atoms with Crippen LogP contribution in [0.25, 0.3) is 0 Å². The lowest BCUT2D eigenvalue weighted by atomic mass is 9.98. The molecule has 1 heterocycles. The Kier molecular flexibility index (Phi) is 5.00. The van der Waals surface area contributed by atoms with E-state index in [1.807, 2.05) is 11.7 Å². The fourth-order valence-corrected chi connectivity index (χ4v) is 1.89. The summed E-state index contributed by atoms with van der Waals surface area (Å²) < 4.78 is 1.89. The highest BCUT2D eigenvalue weighted by molar-refractivity contribution is 5.11. The summed E-state index contributed by atoms with van der Waals surface area (Å²) in [6, 6.07) is 2.10. The number of nitrogens with zero attached hydrogens (tertiary/aromatic N) is 2. The van der Waals surface area contributed by atoms with E-state index >= 15 is 0 Å². The first-order chi connectivity index (χ1) is 7.56. The molecule has 1 rings (SSSR count). The van der Waals surface area contributed by atoms with Crippen molar-refractivity contribution >= 4 is 0 Å². The Bertz CT molecular complexity index is 320. The number of aliphatic hydroxyl groups excluding tert-OH is 1. The Hall–Kier alpha value is -0.830. The van der Waals surface area contributed by atoms with Crippen LogP contribution in [0, 0.1) is 5.92 Å². The van der Waals surface area contributed by atoms with Crippen LogP contribution in [0.3, 0.4) is 0 Å². The van der Waals surface area contributed by atoms with Gasteiger partial charge in [-0.15, -0.1) is 0 Å². The van der Waals surface area contributed by atoms with Gasteiger partial charge in [0, 0.05) is 19.2 Å². The molecule has 16 heavy (non-hydrogen) atoms. The standard InChI is InChI=1S/C13H24N2O/c1-5-10(3)7-13(16)9-12-8-11(6-2)14-15(12)4/h8,10,13,16H,5-7,9H2,1-4H3.